The van der Waals surface area contributed by atoms with E-state index in [0.29, 0.717) is 5.56 Å². The summed E-state index contributed by atoms with van der Waals surface area (Å²) in [6, 6.07) is 16.1. The molecular weight excluding hydrogens is 351 g/mol. The van der Waals surface area contributed by atoms with Gasteiger partial charge in [-0.15, -0.1) is 12.1 Å². The number of halogens is 3. The van der Waals surface area contributed by atoms with Gasteiger partial charge in [0.2, 0.25) is 0 Å². The molecule has 0 spiro atoms. The number of rotatable bonds is 1. The molecule has 3 nitrogen and oxygen atoms in total. The topological polar surface area (TPSA) is 63.6 Å². The van der Waals surface area contributed by atoms with Crippen molar-refractivity contribution < 1.29 is 39.5 Å². The predicted molar refractivity (Wildman–Crippen MR) is 70.4 cm³/mol. The van der Waals surface area contributed by atoms with Gasteiger partial charge in [-0.3, -0.25) is 0 Å². The van der Waals surface area contributed by atoms with Crippen LogP contribution in [0, 0.1) is 31.1 Å². The minimum absolute atomic E-state index is 0. The van der Waals surface area contributed by atoms with E-state index >= 15 is 0 Å². The average molecular weight is 361 g/mol. The largest absolute Gasteiger partial charge is 2.00 e. The Bertz CT molecular complexity index is 544. The van der Waals surface area contributed by atoms with Gasteiger partial charge in [0.1, 0.15) is 0 Å². The van der Waals surface area contributed by atoms with Crippen molar-refractivity contribution >= 4 is 0 Å². The van der Waals surface area contributed by atoms with Crippen molar-refractivity contribution in [3.63, 3.8) is 0 Å². The van der Waals surface area contributed by atoms with E-state index in [1.807, 2.05) is 30.3 Å². The van der Waals surface area contributed by atoms with Gasteiger partial charge in [-0.25, -0.2) is 17.4 Å². The summed E-state index contributed by atoms with van der Waals surface area (Å²) in [6.07, 6.45) is -3.13. The Labute approximate surface area is 143 Å². The molecule has 0 saturated carbocycles. The first-order chi connectivity index (χ1) is 10.5. The maximum absolute atomic E-state index is 12.0. The van der Waals surface area contributed by atoms with Gasteiger partial charge in [0.05, 0.1) is 0 Å². The van der Waals surface area contributed by atoms with Crippen LogP contribution in [0.2, 0.25) is 0 Å². The molecule has 23 heavy (non-hydrogen) atoms. The molecule has 0 heterocycles. The number of nitriles is 1. The van der Waals surface area contributed by atoms with Crippen molar-refractivity contribution in [3.8, 4) is 6.07 Å². The predicted octanol–water partition coefficient (Wildman–Crippen LogP) is 4.11. The van der Waals surface area contributed by atoms with Crippen LogP contribution in [0.25, 0.3) is 0 Å². The van der Waals surface area contributed by atoms with E-state index < -0.39 is 11.7 Å². The molecule has 0 atom stereocenters. The van der Waals surface area contributed by atoms with E-state index in [-0.39, 0.29) is 17.1 Å². The van der Waals surface area contributed by atoms with E-state index in [2.05, 4.69) is 13.3 Å². The molecule has 2 aromatic carbocycles. The second kappa shape index (κ2) is 16.1. The fourth-order valence-corrected chi connectivity index (χ4v) is 1.16. The Morgan fingerprint density at radius 2 is 1.43 bits per heavy atom. The zero-order valence-electron chi connectivity index (χ0n) is 11.5. The maximum atomic E-state index is 12.0. The van der Waals surface area contributed by atoms with Crippen molar-refractivity contribution in [2.75, 3.05) is 0 Å². The maximum Gasteiger partial charge on any atom is 2.00 e. The summed E-state index contributed by atoms with van der Waals surface area (Å²) in [4.78, 5) is 0. The molecule has 0 fully saturated rings. The van der Waals surface area contributed by atoms with Crippen LogP contribution in [0.5, 0.6) is 0 Å². The van der Waals surface area contributed by atoms with Gasteiger partial charge >= 0.3 is 45.9 Å². The number of nitrogens with zero attached hydrogens (tertiary/aromatic N) is 1. The van der Waals surface area contributed by atoms with E-state index in [1.165, 1.54) is 18.6 Å². The van der Waals surface area contributed by atoms with Crippen LogP contribution in [0.3, 0.4) is 0 Å². The van der Waals surface area contributed by atoms with E-state index in [1.54, 1.807) is 6.07 Å². The smallest absolute Gasteiger partial charge is 0.214 e. The van der Waals surface area contributed by atoms with Crippen LogP contribution in [-0.4, -0.2) is 0 Å². The number of hydrogen-bond acceptors (Lipinski definition) is 1. The Hall–Kier alpha value is -2.28. The van der Waals surface area contributed by atoms with Gasteiger partial charge in [0.15, 0.2) is 0 Å². The van der Waals surface area contributed by atoms with Crippen LogP contribution in [-0.2, 0) is 32.5 Å². The van der Waals surface area contributed by atoms with Crippen LogP contribution in [0.15, 0.2) is 54.6 Å². The molecule has 0 bridgehead atoms. The second-order valence-electron chi connectivity index (χ2n) is 3.36. The van der Waals surface area contributed by atoms with Crippen LogP contribution >= 0.6 is 0 Å². The first kappa shape index (κ1) is 25.7. The zero-order chi connectivity index (χ0) is 17.4. The summed E-state index contributed by atoms with van der Waals surface area (Å²) >= 11 is 0. The first-order valence-electron chi connectivity index (χ1n) is 5.51. The van der Waals surface area contributed by atoms with Gasteiger partial charge in [0.25, 0.3) is 0 Å². The molecule has 2 aromatic rings. The fraction of sp³-hybridized carbons (Fsp3) is 0.0625. The molecule has 2 rings (SSSR count). The summed E-state index contributed by atoms with van der Waals surface area (Å²) in [5.74, 6) is 0. The van der Waals surface area contributed by atoms with E-state index in [0.717, 1.165) is 12.1 Å². The van der Waals surface area contributed by atoms with Crippen LogP contribution < -0.4 is 0 Å². The normalized spacial score (nSPS) is 7.91. The summed E-state index contributed by atoms with van der Waals surface area (Å²) in [7, 11) is 0. The summed E-state index contributed by atoms with van der Waals surface area (Å²) in [5, 5.41) is 8.22. The molecule has 0 radical (unpaired) electrons. The van der Waals surface area contributed by atoms with Crippen molar-refractivity contribution in [3.05, 3.63) is 85.4 Å². The van der Waals surface area contributed by atoms with Crippen molar-refractivity contribution in [1.82, 2.24) is 0 Å². The molecule has 0 aliphatic carbocycles. The Morgan fingerprint density at radius 1 is 1.00 bits per heavy atom. The van der Waals surface area contributed by atoms with Crippen molar-refractivity contribution in [2.24, 2.45) is 0 Å². The third kappa shape index (κ3) is 13.1. The Kier molecular flexibility index (Phi) is 18.0. The summed E-state index contributed by atoms with van der Waals surface area (Å²) in [6.45, 7) is 9.00. The quantitative estimate of drug-likeness (QED) is 0.428. The molecule has 120 valence electrons. The molecule has 0 N–H and O–H groups in total. The molecule has 7 heteroatoms. The zero-order valence-corrected chi connectivity index (χ0v) is 12.6. The minimum atomic E-state index is -4.31. The Morgan fingerprint density at radius 3 is 1.70 bits per heavy atom. The van der Waals surface area contributed by atoms with Crippen molar-refractivity contribution in [2.45, 2.75) is 6.18 Å². The first-order valence-corrected chi connectivity index (χ1v) is 5.51. The molecule has 0 aliphatic rings. The number of hydrogen-bond donors (Lipinski definition) is 0. The van der Waals surface area contributed by atoms with Crippen LogP contribution in [0.1, 0.15) is 11.1 Å². The average Bonchev–Trinajstić information content (AvgIpc) is 3.11. The molecular formula is C16H10F3FeNO2. The number of benzene rings is 1. The molecule has 0 saturated heterocycles. The van der Waals surface area contributed by atoms with E-state index in [9.17, 15) is 13.2 Å². The van der Waals surface area contributed by atoms with Crippen LogP contribution in [0.4, 0.5) is 13.2 Å². The summed E-state index contributed by atoms with van der Waals surface area (Å²) < 4.78 is 51.1. The molecule has 0 aliphatic heterocycles. The standard InChI is InChI=1S/C9H5F3N.C5H5.2CO.Fe/c10-9(11,12)8-3-1-7(2-4-8)5-6-13;1-2-4-5-3-1;2*1-2;/h1-5H;1-5H;;;/q2*-1;;;+2. The molecule has 0 unspecified atom stereocenters. The molecule has 0 amide bonds. The summed E-state index contributed by atoms with van der Waals surface area (Å²) in [5.41, 5.74) is -0.238. The minimum Gasteiger partial charge on any atom is -0.214 e. The van der Waals surface area contributed by atoms with Gasteiger partial charge in [-0.1, -0.05) is 6.42 Å². The monoisotopic (exact) mass is 361 g/mol. The fourth-order valence-electron chi connectivity index (χ4n) is 1.16. The van der Waals surface area contributed by atoms with Gasteiger partial charge in [-0.05, 0) is 0 Å². The SMILES string of the molecule is N#C[CH-]c1ccc(C(F)(F)F)cc1.[C-]#[O+].[C-]#[O+].[Fe+2].c1cc[cH-]c1. The number of alkyl halides is 3. The second-order valence-corrected chi connectivity index (χ2v) is 3.36. The van der Waals surface area contributed by atoms with Gasteiger partial charge < -0.3 is 0 Å². The Balaban J connectivity index is -0.000000335. The molecule has 0 aromatic heterocycles. The van der Waals surface area contributed by atoms with Gasteiger partial charge in [0, 0.05) is 11.6 Å². The van der Waals surface area contributed by atoms with Gasteiger partial charge in [-0.2, -0.15) is 49.1 Å². The van der Waals surface area contributed by atoms with Crippen molar-refractivity contribution in [1.29, 1.82) is 5.26 Å². The van der Waals surface area contributed by atoms with E-state index in [4.69, 9.17) is 14.6 Å². The third-order valence-electron chi connectivity index (χ3n) is 2.02. The third-order valence-corrected chi connectivity index (χ3v) is 2.02.